The van der Waals surface area contributed by atoms with Crippen LogP contribution in [0.2, 0.25) is 5.02 Å². The molecule has 3 aromatic rings. The summed E-state index contributed by atoms with van der Waals surface area (Å²) in [5.74, 6) is 0.151. The van der Waals surface area contributed by atoms with Crippen molar-refractivity contribution in [3.8, 4) is 17.5 Å². The SMILES string of the molecule is N#CCc1ccc(NC(=O)Cn2nnc(-c3ccc(Cl)cc3)n2)cc1. The van der Waals surface area contributed by atoms with Crippen LogP contribution in [0.4, 0.5) is 5.69 Å². The topological polar surface area (TPSA) is 96.5 Å². The highest BCUT2D eigenvalue weighted by Crippen LogP contribution is 2.17. The van der Waals surface area contributed by atoms with Gasteiger partial charge in [-0.25, -0.2) is 0 Å². The molecule has 1 heterocycles. The smallest absolute Gasteiger partial charge is 0.248 e. The number of nitriles is 1. The van der Waals surface area contributed by atoms with Crippen molar-refractivity contribution in [3.05, 3.63) is 59.1 Å². The number of carbonyl (C=O) groups excluding carboxylic acids is 1. The van der Waals surface area contributed by atoms with Gasteiger partial charge in [0.1, 0.15) is 6.54 Å². The first-order chi connectivity index (χ1) is 12.1. The molecule has 25 heavy (non-hydrogen) atoms. The second-order valence-electron chi connectivity index (χ2n) is 5.23. The van der Waals surface area contributed by atoms with E-state index in [0.29, 0.717) is 23.0 Å². The zero-order chi connectivity index (χ0) is 17.6. The Morgan fingerprint density at radius 3 is 2.56 bits per heavy atom. The molecule has 0 aliphatic rings. The molecule has 0 bridgehead atoms. The minimum Gasteiger partial charge on any atom is -0.324 e. The average Bonchev–Trinajstić information content (AvgIpc) is 3.06. The van der Waals surface area contributed by atoms with E-state index in [-0.39, 0.29) is 12.5 Å². The van der Waals surface area contributed by atoms with Crippen molar-refractivity contribution in [3.63, 3.8) is 0 Å². The summed E-state index contributed by atoms with van der Waals surface area (Å²) in [6.07, 6.45) is 0.338. The van der Waals surface area contributed by atoms with E-state index < -0.39 is 0 Å². The van der Waals surface area contributed by atoms with E-state index in [2.05, 4.69) is 26.8 Å². The third kappa shape index (κ3) is 4.40. The largest absolute Gasteiger partial charge is 0.324 e. The lowest BCUT2D eigenvalue weighted by atomic mass is 10.1. The normalized spacial score (nSPS) is 10.2. The fraction of sp³-hybridized carbons (Fsp3) is 0.118. The van der Waals surface area contributed by atoms with Crippen molar-refractivity contribution in [2.75, 3.05) is 5.32 Å². The number of amides is 1. The molecule has 124 valence electrons. The van der Waals surface area contributed by atoms with Crippen LogP contribution in [0.3, 0.4) is 0 Å². The lowest BCUT2D eigenvalue weighted by Crippen LogP contribution is -2.20. The summed E-state index contributed by atoms with van der Waals surface area (Å²) in [5, 5.41) is 24.0. The van der Waals surface area contributed by atoms with Crippen molar-refractivity contribution in [1.82, 2.24) is 20.2 Å². The van der Waals surface area contributed by atoms with Crippen molar-refractivity contribution in [2.45, 2.75) is 13.0 Å². The zero-order valence-corrected chi connectivity index (χ0v) is 13.8. The lowest BCUT2D eigenvalue weighted by molar-refractivity contribution is -0.117. The molecule has 0 radical (unpaired) electrons. The lowest BCUT2D eigenvalue weighted by Gasteiger charge is -2.04. The summed E-state index contributed by atoms with van der Waals surface area (Å²) in [7, 11) is 0. The van der Waals surface area contributed by atoms with E-state index >= 15 is 0 Å². The molecule has 1 amide bonds. The molecule has 0 fully saturated rings. The summed E-state index contributed by atoms with van der Waals surface area (Å²) in [6, 6.07) is 16.2. The third-order valence-electron chi connectivity index (χ3n) is 3.36. The average molecular weight is 353 g/mol. The quantitative estimate of drug-likeness (QED) is 0.761. The number of nitrogens with zero attached hydrogens (tertiary/aromatic N) is 5. The van der Waals surface area contributed by atoms with Gasteiger partial charge in [-0.15, -0.1) is 10.2 Å². The van der Waals surface area contributed by atoms with Gasteiger partial charge in [0.15, 0.2) is 0 Å². The van der Waals surface area contributed by atoms with Crippen LogP contribution in [0.5, 0.6) is 0 Å². The molecule has 2 aromatic carbocycles. The van der Waals surface area contributed by atoms with Gasteiger partial charge in [0, 0.05) is 16.3 Å². The highest BCUT2D eigenvalue weighted by molar-refractivity contribution is 6.30. The second kappa shape index (κ2) is 7.55. The second-order valence-corrected chi connectivity index (χ2v) is 5.67. The number of carbonyl (C=O) groups is 1. The van der Waals surface area contributed by atoms with Gasteiger partial charge < -0.3 is 5.32 Å². The van der Waals surface area contributed by atoms with Gasteiger partial charge in [-0.05, 0) is 47.2 Å². The Balaban J connectivity index is 1.61. The van der Waals surface area contributed by atoms with Gasteiger partial charge in [0.2, 0.25) is 11.7 Å². The number of rotatable bonds is 5. The first kappa shape index (κ1) is 16.6. The zero-order valence-electron chi connectivity index (χ0n) is 13.1. The Kier molecular flexibility index (Phi) is 5.02. The van der Waals surface area contributed by atoms with Crippen molar-refractivity contribution >= 4 is 23.2 Å². The summed E-state index contributed by atoms with van der Waals surface area (Å²) in [5.41, 5.74) is 2.31. The fourth-order valence-corrected chi connectivity index (χ4v) is 2.28. The number of benzene rings is 2. The number of aromatic nitrogens is 4. The van der Waals surface area contributed by atoms with E-state index in [1.165, 1.54) is 4.80 Å². The molecule has 0 saturated heterocycles. The minimum atomic E-state index is -0.270. The molecule has 0 aliphatic carbocycles. The first-order valence-corrected chi connectivity index (χ1v) is 7.81. The molecule has 0 spiro atoms. The van der Waals surface area contributed by atoms with Gasteiger partial charge in [-0.1, -0.05) is 23.7 Å². The molecule has 0 saturated carbocycles. The van der Waals surface area contributed by atoms with Gasteiger partial charge >= 0.3 is 0 Å². The number of nitrogens with one attached hydrogen (secondary N) is 1. The van der Waals surface area contributed by atoms with Crippen LogP contribution in [0.1, 0.15) is 5.56 Å². The van der Waals surface area contributed by atoms with Crippen molar-refractivity contribution < 1.29 is 4.79 Å². The van der Waals surface area contributed by atoms with Crippen LogP contribution < -0.4 is 5.32 Å². The predicted molar refractivity (Wildman–Crippen MR) is 92.7 cm³/mol. The Bertz CT molecular complexity index is 912. The fourth-order valence-electron chi connectivity index (χ4n) is 2.15. The predicted octanol–water partition coefficient (Wildman–Crippen LogP) is 2.70. The number of hydrogen-bond acceptors (Lipinski definition) is 5. The number of halogens is 1. The Hall–Kier alpha value is -3.24. The molecular formula is C17H13ClN6O. The van der Waals surface area contributed by atoms with Crippen molar-refractivity contribution in [1.29, 1.82) is 5.26 Å². The number of anilines is 1. The number of hydrogen-bond donors (Lipinski definition) is 1. The first-order valence-electron chi connectivity index (χ1n) is 7.43. The summed E-state index contributed by atoms with van der Waals surface area (Å²) in [4.78, 5) is 13.3. The highest BCUT2D eigenvalue weighted by atomic mass is 35.5. The Morgan fingerprint density at radius 2 is 1.88 bits per heavy atom. The Morgan fingerprint density at radius 1 is 1.16 bits per heavy atom. The van der Waals surface area contributed by atoms with Crippen molar-refractivity contribution in [2.24, 2.45) is 0 Å². The molecule has 8 heteroatoms. The molecule has 0 atom stereocenters. The van der Waals surface area contributed by atoms with E-state index in [1.807, 2.05) is 0 Å². The summed E-state index contributed by atoms with van der Waals surface area (Å²) >= 11 is 5.85. The molecule has 0 unspecified atom stereocenters. The minimum absolute atomic E-state index is 0.0550. The third-order valence-corrected chi connectivity index (χ3v) is 3.61. The highest BCUT2D eigenvalue weighted by Gasteiger charge is 2.09. The van der Waals surface area contributed by atoms with Crippen LogP contribution in [0, 0.1) is 11.3 Å². The standard InChI is InChI=1S/C17H13ClN6O/c18-14-5-3-13(4-6-14)17-21-23-24(22-17)11-16(25)20-15-7-1-12(2-8-15)9-10-19/h1-8H,9,11H2,(H,20,25). The molecule has 7 nitrogen and oxygen atoms in total. The van der Waals surface area contributed by atoms with Crippen LogP contribution in [-0.2, 0) is 17.8 Å². The van der Waals surface area contributed by atoms with Crippen LogP contribution in [0.25, 0.3) is 11.4 Å². The molecule has 3 rings (SSSR count). The van der Waals surface area contributed by atoms with Crippen LogP contribution in [0.15, 0.2) is 48.5 Å². The van der Waals surface area contributed by atoms with Gasteiger partial charge in [-0.2, -0.15) is 10.1 Å². The van der Waals surface area contributed by atoms with E-state index in [0.717, 1.165) is 11.1 Å². The van der Waals surface area contributed by atoms with Gasteiger partial charge in [0.05, 0.1) is 12.5 Å². The van der Waals surface area contributed by atoms with Gasteiger partial charge in [-0.3, -0.25) is 4.79 Å². The Labute approximate surface area is 148 Å². The summed E-state index contributed by atoms with van der Waals surface area (Å²) in [6.45, 7) is -0.0550. The van der Waals surface area contributed by atoms with Crippen LogP contribution >= 0.6 is 11.6 Å². The van der Waals surface area contributed by atoms with E-state index in [9.17, 15) is 4.79 Å². The molecular weight excluding hydrogens is 340 g/mol. The van der Waals surface area contributed by atoms with E-state index in [1.54, 1.807) is 48.5 Å². The monoisotopic (exact) mass is 352 g/mol. The van der Waals surface area contributed by atoms with E-state index in [4.69, 9.17) is 16.9 Å². The molecule has 1 N–H and O–H groups in total. The number of tetrazole rings is 1. The molecule has 1 aromatic heterocycles. The van der Waals surface area contributed by atoms with Gasteiger partial charge in [0.25, 0.3) is 0 Å². The van der Waals surface area contributed by atoms with Crippen LogP contribution in [-0.4, -0.2) is 26.1 Å². The summed E-state index contributed by atoms with van der Waals surface area (Å²) < 4.78 is 0. The maximum absolute atomic E-state index is 12.1. The maximum atomic E-state index is 12.1. The molecule has 0 aliphatic heterocycles. The maximum Gasteiger partial charge on any atom is 0.248 e.